The van der Waals surface area contributed by atoms with Crippen molar-refractivity contribution in [3.63, 3.8) is 0 Å². The first-order valence-electron chi connectivity index (χ1n) is 6.83. The molecule has 0 bridgehead atoms. The van der Waals surface area contributed by atoms with Crippen LogP contribution in [0.4, 0.5) is 4.39 Å². The Morgan fingerprint density at radius 3 is 2.74 bits per heavy atom. The van der Waals surface area contributed by atoms with E-state index in [1.54, 1.807) is 13.2 Å². The van der Waals surface area contributed by atoms with Crippen molar-refractivity contribution in [2.75, 3.05) is 20.8 Å². The summed E-state index contributed by atoms with van der Waals surface area (Å²) >= 11 is 5.01. The molecule has 0 fully saturated rings. The standard InChI is InChI=1S/C15H20FN3O3S/c1-10(9-21-2)17-15(23)19-18-14(20)7-5-11-4-6-13(22-3)12(16)8-11/h4-8,10H,9H2,1-3H3,(H,18,20)(H2,17,19,23)/b7-5+/t10-/m0/s1. The summed E-state index contributed by atoms with van der Waals surface area (Å²) in [7, 11) is 2.97. The molecular formula is C15H20FN3O3S. The molecule has 0 heterocycles. The van der Waals surface area contributed by atoms with Gasteiger partial charge in [0, 0.05) is 19.2 Å². The highest BCUT2D eigenvalue weighted by Gasteiger charge is 2.04. The minimum absolute atomic E-state index is 0.00900. The Hall–Kier alpha value is -2.19. The van der Waals surface area contributed by atoms with Crippen molar-refractivity contribution in [3.05, 3.63) is 35.7 Å². The average Bonchev–Trinajstić information content (AvgIpc) is 2.51. The maximum atomic E-state index is 13.5. The highest BCUT2D eigenvalue weighted by atomic mass is 32.1. The van der Waals surface area contributed by atoms with Gasteiger partial charge in [-0.25, -0.2) is 4.39 Å². The first kappa shape index (κ1) is 18.9. The number of ether oxygens (including phenoxy) is 2. The smallest absolute Gasteiger partial charge is 0.262 e. The lowest BCUT2D eigenvalue weighted by molar-refractivity contribution is -0.116. The van der Waals surface area contributed by atoms with Crippen LogP contribution in [0.2, 0.25) is 0 Å². The second kappa shape index (κ2) is 9.75. The molecule has 23 heavy (non-hydrogen) atoms. The molecule has 1 amide bonds. The number of methoxy groups -OCH3 is 2. The minimum Gasteiger partial charge on any atom is -0.494 e. The molecule has 0 aliphatic heterocycles. The van der Waals surface area contributed by atoms with E-state index in [1.807, 2.05) is 6.92 Å². The van der Waals surface area contributed by atoms with Crippen LogP contribution >= 0.6 is 12.2 Å². The van der Waals surface area contributed by atoms with E-state index in [0.29, 0.717) is 12.2 Å². The molecule has 126 valence electrons. The molecule has 0 aliphatic carbocycles. The van der Waals surface area contributed by atoms with E-state index in [9.17, 15) is 9.18 Å². The molecule has 6 nitrogen and oxygen atoms in total. The zero-order valence-electron chi connectivity index (χ0n) is 13.2. The number of nitrogens with one attached hydrogen (secondary N) is 3. The van der Waals surface area contributed by atoms with Gasteiger partial charge >= 0.3 is 0 Å². The minimum atomic E-state index is -0.495. The van der Waals surface area contributed by atoms with E-state index in [0.717, 1.165) is 0 Å². The Morgan fingerprint density at radius 2 is 2.13 bits per heavy atom. The van der Waals surface area contributed by atoms with Crippen molar-refractivity contribution >= 4 is 29.3 Å². The van der Waals surface area contributed by atoms with Gasteiger partial charge in [0.15, 0.2) is 16.7 Å². The lowest BCUT2D eigenvalue weighted by Crippen LogP contribution is -2.49. The fourth-order valence-electron chi connectivity index (χ4n) is 1.67. The van der Waals surface area contributed by atoms with Crippen LogP contribution in [0.15, 0.2) is 24.3 Å². The lowest BCUT2D eigenvalue weighted by atomic mass is 10.2. The third kappa shape index (κ3) is 7.07. The molecule has 1 atom stereocenters. The number of carbonyl (C=O) groups excluding carboxylic acids is 1. The summed E-state index contributed by atoms with van der Waals surface area (Å²) in [5.74, 6) is -0.773. The van der Waals surface area contributed by atoms with E-state index >= 15 is 0 Å². The second-order valence-electron chi connectivity index (χ2n) is 4.67. The third-order valence-corrected chi connectivity index (χ3v) is 2.92. The number of hydrogen-bond donors (Lipinski definition) is 3. The van der Waals surface area contributed by atoms with E-state index in [2.05, 4.69) is 16.2 Å². The van der Waals surface area contributed by atoms with E-state index in [-0.39, 0.29) is 16.9 Å². The fraction of sp³-hybridized carbons (Fsp3) is 0.333. The molecule has 0 radical (unpaired) electrons. The fourth-order valence-corrected chi connectivity index (χ4v) is 1.92. The van der Waals surface area contributed by atoms with E-state index in [1.165, 1.54) is 31.4 Å². The maximum absolute atomic E-state index is 13.5. The molecule has 1 rings (SSSR count). The van der Waals surface area contributed by atoms with Gasteiger partial charge in [-0.15, -0.1) is 0 Å². The van der Waals surface area contributed by atoms with Crippen LogP contribution in [0.1, 0.15) is 12.5 Å². The van der Waals surface area contributed by atoms with E-state index < -0.39 is 11.7 Å². The van der Waals surface area contributed by atoms with Crippen LogP contribution in [0.3, 0.4) is 0 Å². The van der Waals surface area contributed by atoms with Crippen molar-refractivity contribution in [1.82, 2.24) is 16.2 Å². The quantitative estimate of drug-likeness (QED) is 0.412. The number of carbonyl (C=O) groups is 1. The molecule has 0 unspecified atom stereocenters. The number of benzene rings is 1. The number of thiocarbonyl (C=S) groups is 1. The Bertz CT molecular complexity index is 581. The predicted octanol–water partition coefficient (Wildman–Crippen LogP) is 1.38. The van der Waals surface area contributed by atoms with Crippen LogP contribution in [0, 0.1) is 5.82 Å². The van der Waals surface area contributed by atoms with Gasteiger partial charge in [0.05, 0.1) is 13.7 Å². The third-order valence-electron chi connectivity index (χ3n) is 2.70. The summed E-state index contributed by atoms with van der Waals surface area (Å²) in [6, 6.07) is 4.41. The Morgan fingerprint density at radius 1 is 1.39 bits per heavy atom. The number of hydrogen-bond acceptors (Lipinski definition) is 4. The van der Waals surface area contributed by atoms with Gasteiger partial charge in [-0.2, -0.15) is 0 Å². The van der Waals surface area contributed by atoms with Crippen molar-refractivity contribution in [1.29, 1.82) is 0 Å². The molecule has 1 aromatic carbocycles. The second-order valence-corrected chi connectivity index (χ2v) is 5.08. The van der Waals surface area contributed by atoms with Crippen LogP contribution in [-0.2, 0) is 9.53 Å². The average molecular weight is 341 g/mol. The highest BCUT2D eigenvalue weighted by Crippen LogP contribution is 2.18. The van der Waals surface area contributed by atoms with Crippen LogP contribution in [0.25, 0.3) is 6.08 Å². The maximum Gasteiger partial charge on any atom is 0.262 e. The number of amides is 1. The van der Waals surface area contributed by atoms with Gasteiger partial charge in [0.25, 0.3) is 5.91 Å². The summed E-state index contributed by atoms with van der Waals surface area (Å²) in [6.45, 7) is 2.37. The Labute approximate surface area is 140 Å². The van der Waals surface area contributed by atoms with Gasteiger partial charge in [-0.1, -0.05) is 6.07 Å². The summed E-state index contributed by atoms with van der Waals surface area (Å²) in [6.07, 6.45) is 2.74. The molecule has 3 N–H and O–H groups in total. The normalized spacial score (nSPS) is 11.8. The molecule has 0 aliphatic rings. The lowest BCUT2D eigenvalue weighted by Gasteiger charge is -2.15. The van der Waals surface area contributed by atoms with Gasteiger partial charge in [0.1, 0.15) is 0 Å². The number of hydrazine groups is 1. The van der Waals surface area contributed by atoms with Gasteiger partial charge in [-0.3, -0.25) is 15.6 Å². The molecule has 0 aromatic heterocycles. The highest BCUT2D eigenvalue weighted by molar-refractivity contribution is 7.80. The van der Waals surface area contributed by atoms with Gasteiger partial charge in [0.2, 0.25) is 0 Å². The molecular weight excluding hydrogens is 321 g/mol. The van der Waals surface area contributed by atoms with Crippen molar-refractivity contribution in [3.8, 4) is 5.75 Å². The van der Waals surface area contributed by atoms with Gasteiger partial charge in [-0.05, 0) is 42.9 Å². The topological polar surface area (TPSA) is 71.6 Å². The zero-order valence-corrected chi connectivity index (χ0v) is 14.0. The first-order valence-corrected chi connectivity index (χ1v) is 7.24. The predicted molar refractivity (Wildman–Crippen MR) is 90.3 cm³/mol. The summed E-state index contributed by atoms with van der Waals surface area (Å²) in [5.41, 5.74) is 5.49. The SMILES string of the molecule is COC[C@H](C)NC(=S)NNC(=O)/C=C/c1ccc(OC)c(F)c1. The Kier molecular flexibility index (Phi) is 8.00. The molecule has 8 heteroatoms. The molecule has 0 saturated heterocycles. The molecule has 0 spiro atoms. The zero-order chi connectivity index (χ0) is 17.2. The van der Waals surface area contributed by atoms with Crippen LogP contribution in [-0.4, -0.2) is 37.9 Å². The largest absolute Gasteiger partial charge is 0.494 e. The summed E-state index contributed by atoms with van der Waals surface area (Å²) in [4.78, 5) is 11.6. The molecule has 0 saturated carbocycles. The number of rotatable bonds is 6. The van der Waals surface area contributed by atoms with Gasteiger partial charge < -0.3 is 14.8 Å². The number of halogens is 1. The van der Waals surface area contributed by atoms with E-state index in [4.69, 9.17) is 21.7 Å². The summed E-state index contributed by atoms with van der Waals surface area (Å²) in [5, 5.41) is 3.19. The van der Waals surface area contributed by atoms with Crippen molar-refractivity contribution in [2.45, 2.75) is 13.0 Å². The summed E-state index contributed by atoms with van der Waals surface area (Å²) < 4.78 is 23.3. The van der Waals surface area contributed by atoms with Crippen LogP contribution < -0.4 is 20.9 Å². The van der Waals surface area contributed by atoms with Crippen molar-refractivity contribution < 1.29 is 18.7 Å². The Balaban J connectivity index is 2.44. The monoisotopic (exact) mass is 341 g/mol. The van der Waals surface area contributed by atoms with Crippen LogP contribution in [0.5, 0.6) is 5.75 Å². The first-order chi connectivity index (χ1) is 11.0. The van der Waals surface area contributed by atoms with Crippen molar-refractivity contribution in [2.24, 2.45) is 0 Å². The molecule has 1 aromatic rings.